The summed E-state index contributed by atoms with van der Waals surface area (Å²) >= 11 is 6.09. The van der Waals surface area contributed by atoms with Gasteiger partial charge in [-0.25, -0.2) is 9.67 Å². The topological polar surface area (TPSA) is 96.8 Å². The normalized spacial score (nSPS) is 14.7. The molecule has 0 unspecified atom stereocenters. The Labute approximate surface area is 195 Å². The maximum atomic E-state index is 12.9. The highest BCUT2D eigenvalue weighted by Gasteiger charge is 2.27. The van der Waals surface area contributed by atoms with Crippen LogP contribution in [0.15, 0.2) is 53.3 Å². The fourth-order valence-electron chi connectivity index (χ4n) is 4.31. The first-order valence-corrected chi connectivity index (χ1v) is 11.3. The van der Waals surface area contributed by atoms with Gasteiger partial charge in [0.05, 0.1) is 6.54 Å². The number of fused-ring (bicyclic) bond motifs is 1. The predicted octanol–water partition coefficient (Wildman–Crippen LogP) is 3.54. The summed E-state index contributed by atoms with van der Waals surface area (Å²) in [5, 5.41) is 8.79. The number of aromatic nitrogens is 5. The standard InChI is InChI=1S/C24H23ClN6O2/c1-15-4-2-6-18(12-15)24(33)30-10-8-17(9-11-30)21-26-22-20(23(32)27-21)28-29-31(22)14-16-5-3-7-19(25)13-16/h2-7,12-13,17H,8-11,14H2,1H3,(H,26,27,32). The lowest BCUT2D eigenvalue weighted by Crippen LogP contribution is -2.38. The molecular formula is C24H23ClN6O2. The van der Waals surface area contributed by atoms with Gasteiger partial charge in [0.2, 0.25) is 0 Å². The number of hydrogen-bond acceptors (Lipinski definition) is 5. The fraction of sp³-hybridized carbons (Fsp3) is 0.292. The van der Waals surface area contributed by atoms with Gasteiger partial charge in [0, 0.05) is 29.6 Å². The number of carbonyl (C=O) groups is 1. The second-order valence-corrected chi connectivity index (χ2v) is 8.87. The van der Waals surface area contributed by atoms with Gasteiger partial charge in [-0.15, -0.1) is 5.10 Å². The zero-order chi connectivity index (χ0) is 22.9. The van der Waals surface area contributed by atoms with Gasteiger partial charge < -0.3 is 9.88 Å². The van der Waals surface area contributed by atoms with Crippen LogP contribution in [-0.4, -0.2) is 48.9 Å². The quantitative estimate of drug-likeness (QED) is 0.500. The van der Waals surface area contributed by atoms with Gasteiger partial charge in [-0.1, -0.05) is 46.6 Å². The summed E-state index contributed by atoms with van der Waals surface area (Å²) in [6, 6.07) is 15.1. The summed E-state index contributed by atoms with van der Waals surface area (Å²) in [5.41, 5.74) is 3.08. The van der Waals surface area contributed by atoms with Crippen LogP contribution in [0.2, 0.25) is 5.02 Å². The van der Waals surface area contributed by atoms with E-state index in [0.717, 1.165) is 24.0 Å². The first-order chi connectivity index (χ1) is 16.0. The van der Waals surface area contributed by atoms with E-state index in [1.807, 2.05) is 60.4 Å². The van der Waals surface area contributed by atoms with Gasteiger partial charge in [-0.2, -0.15) is 0 Å². The Balaban J connectivity index is 1.35. The Hall–Kier alpha value is -3.52. The number of hydrogen-bond donors (Lipinski definition) is 1. The number of rotatable bonds is 4. The Morgan fingerprint density at radius 3 is 2.70 bits per heavy atom. The van der Waals surface area contributed by atoms with Crippen molar-refractivity contribution in [1.82, 2.24) is 29.9 Å². The van der Waals surface area contributed by atoms with Crippen molar-refractivity contribution in [2.75, 3.05) is 13.1 Å². The third-order valence-electron chi connectivity index (χ3n) is 6.05. The Morgan fingerprint density at radius 2 is 1.94 bits per heavy atom. The van der Waals surface area contributed by atoms with Crippen LogP contribution >= 0.6 is 11.6 Å². The fourth-order valence-corrected chi connectivity index (χ4v) is 4.52. The molecule has 1 N–H and O–H groups in total. The summed E-state index contributed by atoms with van der Waals surface area (Å²) in [6.07, 6.45) is 1.45. The van der Waals surface area contributed by atoms with Gasteiger partial charge in [0.25, 0.3) is 11.5 Å². The number of H-pyrrole nitrogens is 1. The minimum atomic E-state index is -0.300. The number of carbonyl (C=O) groups excluding carboxylic acids is 1. The van der Waals surface area contributed by atoms with Crippen molar-refractivity contribution in [3.63, 3.8) is 0 Å². The van der Waals surface area contributed by atoms with Crippen LogP contribution in [0.3, 0.4) is 0 Å². The number of nitrogens with zero attached hydrogens (tertiary/aromatic N) is 5. The highest BCUT2D eigenvalue weighted by molar-refractivity contribution is 6.30. The molecule has 1 aliphatic heterocycles. The predicted molar refractivity (Wildman–Crippen MR) is 126 cm³/mol. The largest absolute Gasteiger partial charge is 0.339 e. The molecule has 0 saturated carbocycles. The summed E-state index contributed by atoms with van der Waals surface area (Å²) in [4.78, 5) is 35.0. The van der Waals surface area contributed by atoms with Crippen LogP contribution in [0.25, 0.3) is 11.2 Å². The van der Waals surface area contributed by atoms with Crippen molar-refractivity contribution in [3.8, 4) is 0 Å². The SMILES string of the molecule is Cc1cccc(C(=O)N2CCC(c3nc4c(nnn4Cc4cccc(Cl)c4)c(=O)[nH]3)CC2)c1. The molecule has 8 nitrogen and oxygen atoms in total. The average molecular weight is 463 g/mol. The first kappa shape index (κ1) is 21.3. The molecule has 5 rings (SSSR count). The highest BCUT2D eigenvalue weighted by atomic mass is 35.5. The monoisotopic (exact) mass is 462 g/mol. The number of likely N-dealkylation sites (tertiary alicyclic amines) is 1. The molecule has 0 bridgehead atoms. The Bertz CT molecular complexity index is 1390. The lowest BCUT2D eigenvalue weighted by molar-refractivity contribution is 0.0711. The molecule has 0 atom stereocenters. The summed E-state index contributed by atoms with van der Waals surface area (Å²) in [7, 11) is 0. The zero-order valence-corrected chi connectivity index (χ0v) is 18.9. The Morgan fingerprint density at radius 1 is 1.15 bits per heavy atom. The number of halogens is 1. The first-order valence-electron chi connectivity index (χ1n) is 10.9. The molecular weight excluding hydrogens is 440 g/mol. The van der Waals surface area contributed by atoms with Crippen LogP contribution in [0.1, 0.15) is 46.1 Å². The van der Waals surface area contributed by atoms with E-state index in [0.29, 0.717) is 41.7 Å². The van der Waals surface area contributed by atoms with E-state index in [1.165, 1.54) is 0 Å². The van der Waals surface area contributed by atoms with Gasteiger partial charge >= 0.3 is 0 Å². The van der Waals surface area contributed by atoms with Gasteiger partial charge in [-0.3, -0.25) is 9.59 Å². The van der Waals surface area contributed by atoms with E-state index in [2.05, 4.69) is 15.3 Å². The second kappa shape index (κ2) is 8.78. The summed E-state index contributed by atoms with van der Waals surface area (Å²) in [5.74, 6) is 0.709. The molecule has 1 aliphatic rings. The van der Waals surface area contributed by atoms with Crippen LogP contribution in [0.5, 0.6) is 0 Å². The average Bonchev–Trinajstić information content (AvgIpc) is 3.22. The van der Waals surface area contributed by atoms with Crippen molar-refractivity contribution in [2.24, 2.45) is 0 Å². The molecule has 0 spiro atoms. The van der Waals surface area contributed by atoms with Crippen molar-refractivity contribution in [2.45, 2.75) is 32.2 Å². The molecule has 3 heterocycles. The summed E-state index contributed by atoms with van der Waals surface area (Å²) < 4.78 is 1.62. The van der Waals surface area contributed by atoms with Gasteiger partial charge in [-0.05, 0) is 49.6 Å². The van der Waals surface area contributed by atoms with E-state index in [9.17, 15) is 9.59 Å². The smallest absolute Gasteiger partial charge is 0.281 e. The molecule has 168 valence electrons. The van der Waals surface area contributed by atoms with Crippen molar-refractivity contribution in [1.29, 1.82) is 0 Å². The van der Waals surface area contributed by atoms with Crippen molar-refractivity contribution in [3.05, 3.63) is 86.4 Å². The number of nitrogens with one attached hydrogen (secondary N) is 1. The van der Waals surface area contributed by atoms with E-state index in [4.69, 9.17) is 16.6 Å². The molecule has 2 aromatic carbocycles. The minimum Gasteiger partial charge on any atom is -0.339 e. The van der Waals surface area contributed by atoms with E-state index in [1.54, 1.807) is 4.68 Å². The van der Waals surface area contributed by atoms with Crippen LogP contribution in [0, 0.1) is 6.92 Å². The molecule has 9 heteroatoms. The lowest BCUT2D eigenvalue weighted by atomic mass is 9.95. The molecule has 4 aromatic rings. The van der Waals surface area contributed by atoms with Gasteiger partial charge in [0.1, 0.15) is 5.82 Å². The van der Waals surface area contributed by atoms with Crippen LogP contribution < -0.4 is 5.56 Å². The maximum absolute atomic E-state index is 12.9. The molecule has 0 aliphatic carbocycles. The van der Waals surface area contributed by atoms with Gasteiger partial charge in [0.15, 0.2) is 11.2 Å². The third-order valence-corrected chi connectivity index (χ3v) is 6.28. The Kier molecular flexibility index (Phi) is 5.68. The number of piperidine rings is 1. The zero-order valence-electron chi connectivity index (χ0n) is 18.2. The molecule has 33 heavy (non-hydrogen) atoms. The number of amides is 1. The molecule has 2 aromatic heterocycles. The minimum absolute atomic E-state index is 0.0397. The van der Waals surface area contributed by atoms with Crippen LogP contribution in [-0.2, 0) is 6.54 Å². The van der Waals surface area contributed by atoms with E-state index < -0.39 is 0 Å². The van der Waals surface area contributed by atoms with E-state index in [-0.39, 0.29) is 22.9 Å². The lowest BCUT2D eigenvalue weighted by Gasteiger charge is -2.31. The number of aryl methyl sites for hydroxylation is 1. The molecule has 1 amide bonds. The van der Waals surface area contributed by atoms with E-state index >= 15 is 0 Å². The van der Waals surface area contributed by atoms with Crippen molar-refractivity contribution < 1.29 is 4.79 Å². The third kappa shape index (κ3) is 4.39. The van der Waals surface area contributed by atoms with Crippen LogP contribution in [0.4, 0.5) is 0 Å². The summed E-state index contributed by atoms with van der Waals surface area (Å²) in [6.45, 7) is 3.61. The molecule has 0 radical (unpaired) electrons. The second-order valence-electron chi connectivity index (χ2n) is 8.44. The van der Waals surface area contributed by atoms with Crippen molar-refractivity contribution >= 4 is 28.7 Å². The maximum Gasteiger partial charge on any atom is 0.281 e. The number of benzene rings is 2. The highest BCUT2D eigenvalue weighted by Crippen LogP contribution is 2.27. The number of aromatic amines is 1. The molecule has 1 saturated heterocycles. The molecule has 1 fully saturated rings.